The fraction of sp³-hybridized carbons (Fsp3) is 0.500. The standard InChI is InChI=1S/C16H19N3O2/c1-19(10-13(9-18)5-4-8-17)11-14-12-20-15-6-2-3-7-16(15)21-14/h2-3,6-7,13-14H,4-5,10-12H2,1H3. The van der Waals surface area contributed by atoms with Crippen molar-refractivity contribution in [2.24, 2.45) is 5.92 Å². The van der Waals surface area contributed by atoms with Crippen LogP contribution in [0.5, 0.6) is 11.5 Å². The number of hydrogen-bond acceptors (Lipinski definition) is 5. The summed E-state index contributed by atoms with van der Waals surface area (Å²) in [7, 11) is 1.96. The second kappa shape index (κ2) is 7.52. The molecule has 1 aromatic rings. The maximum Gasteiger partial charge on any atom is 0.161 e. The van der Waals surface area contributed by atoms with Crippen molar-refractivity contribution in [1.82, 2.24) is 4.90 Å². The first kappa shape index (κ1) is 15.2. The largest absolute Gasteiger partial charge is 0.486 e. The molecule has 5 nitrogen and oxygen atoms in total. The highest BCUT2D eigenvalue weighted by Gasteiger charge is 2.22. The fourth-order valence-electron chi connectivity index (χ4n) is 2.39. The van der Waals surface area contributed by atoms with Gasteiger partial charge in [0, 0.05) is 19.5 Å². The van der Waals surface area contributed by atoms with Gasteiger partial charge in [-0.3, -0.25) is 0 Å². The quantitative estimate of drug-likeness (QED) is 0.801. The van der Waals surface area contributed by atoms with Crippen molar-refractivity contribution in [3.8, 4) is 23.6 Å². The monoisotopic (exact) mass is 285 g/mol. The molecule has 0 fully saturated rings. The molecule has 0 amide bonds. The lowest BCUT2D eigenvalue weighted by atomic mass is 10.1. The number of fused-ring (bicyclic) bond motifs is 1. The molecular formula is C16H19N3O2. The number of benzene rings is 1. The van der Waals surface area contributed by atoms with Crippen LogP contribution in [0.3, 0.4) is 0 Å². The number of ether oxygens (including phenoxy) is 2. The Labute approximate surface area is 125 Å². The Kier molecular flexibility index (Phi) is 5.43. The van der Waals surface area contributed by atoms with Crippen molar-refractivity contribution in [2.75, 3.05) is 26.7 Å². The fourth-order valence-corrected chi connectivity index (χ4v) is 2.39. The molecule has 1 aliphatic rings. The summed E-state index contributed by atoms with van der Waals surface area (Å²) in [6.07, 6.45) is 0.991. The van der Waals surface area contributed by atoms with Crippen LogP contribution in [0, 0.1) is 28.6 Å². The highest BCUT2D eigenvalue weighted by atomic mass is 16.6. The van der Waals surface area contributed by atoms with Crippen LogP contribution in [0.2, 0.25) is 0 Å². The zero-order valence-electron chi connectivity index (χ0n) is 12.2. The summed E-state index contributed by atoms with van der Waals surface area (Å²) < 4.78 is 11.6. The predicted octanol–water partition coefficient (Wildman–Crippen LogP) is 2.20. The molecule has 1 heterocycles. The number of likely N-dealkylation sites (N-methyl/N-ethyl adjacent to an activating group) is 1. The minimum atomic E-state index is -0.119. The van der Waals surface area contributed by atoms with Crippen LogP contribution >= 0.6 is 0 Å². The topological polar surface area (TPSA) is 69.3 Å². The molecule has 0 spiro atoms. The van der Waals surface area contributed by atoms with Crippen molar-refractivity contribution in [1.29, 1.82) is 10.5 Å². The summed E-state index contributed by atoms with van der Waals surface area (Å²) in [5.41, 5.74) is 0. The van der Waals surface area contributed by atoms with Gasteiger partial charge in [-0.1, -0.05) is 12.1 Å². The predicted molar refractivity (Wildman–Crippen MR) is 77.8 cm³/mol. The number of hydrogen-bond donors (Lipinski definition) is 0. The van der Waals surface area contributed by atoms with Gasteiger partial charge in [0.15, 0.2) is 11.5 Å². The smallest absolute Gasteiger partial charge is 0.161 e. The van der Waals surface area contributed by atoms with E-state index in [0.717, 1.165) is 11.5 Å². The molecule has 0 radical (unpaired) electrons. The zero-order valence-corrected chi connectivity index (χ0v) is 12.2. The first-order valence-corrected chi connectivity index (χ1v) is 7.06. The minimum absolute atomic E-state index is 0.0415. The lowest BCUT2D eigenvalue weighted by molar-refractivity contribution is 0.0632. The second-order valence-electron chi connectivity index (χ2n) is 5.24. The van der Waals surface area contributed by atoms with Gasteiger partial charge in [0.2, 0.25) is 0 Å². The van der Waals surface area contributed by atoms with Crippen molar-refractivity contribution in [2.45, 2.75) is 18.9 Å². The molecular weight excluding hydrogens is 266 g/mol. The van der Waals surface area contributed by atoms with E-state index in [0.29, 0.717) is 32.5 Å². The first-order valence-electron chi connectivity index (χ1n) is 7.06. The third-order valence-corrected chi connectivity index (χ3v) is 3.40. The number of nitrogens with zero attached hydrogens (tertiary/aromatic N) is 3. The van der Waals surface area contributed by atoms with Crippen LogP contribution in [-0.4, -0.2) is 37.7 Å². The van der Waals surface area contributed by atoms with E-state index in [-0.39, 0.29) is 12.0 Å². The summed E-state index contributed by atoms with van der Waals surface area (Å²) in [5, 5.41) is 17.7. The van der Waals surface area contributed by atoms with E-state index in [1.54, 1.807) is 0 Å². The zero-order chi connectivity index (χ0) is 15.1. The molecule has 21 heavy (non-hydrogen) atoms. The molecule has 5 heteroatoms. The Hall–Kier alpha value is -2.24. The van der Waals surface area contributed by atoms with Crippen LogP contribution in [0.25, 0.3) is 0 Å². The van der Waals surface area contributed by atoms with Crippen LogP contribution < -0.4 is 9.47 Å². The van der Waals surface area contributed by atoms with Gasteiger partial charge in [-0.25, -0.2) is 0 Å². The highest BCUT2D eigenvalue weighted by molar-refractivity contribution is 5.40. The van der Waals surface area contributed by atoms with Crippen LogP contribution in [0.4, 0.5) is 0 Å². The summed E-state index contributed by atoms with van der Waals surface area (Å²) in [6, 6.07) is 12.0. The van der Waals surface area contributed by atoms with Gasteiger partial charge < -0.3 is 14.4 Å². The normalized spacial score (nSPS) is 17.8. The Bertz CT molecular complexity index is 547. The lowest BCUT2D eigenvalue weighted by Gasteiger charge is -2.30. The Balaban J connectivity index is 1.83. The van der Waals surface area contributed by atoms with Gasteiger partial charge in [-0.15, -0.1) is 0 Å². The average Bonchev–Trinajstić information content (AvgIpc) is 2.51. The first-order chi connectivity index (χ1) is 10.2. The summed E-state index contributed by atoms with van der Waals surface area (Å²) in [5.74, 6) is 1.43. The van der Waals surface area contributed by atoms with Gasteiger partial charge in [0.05, 0.1) is 18.1 Å². The number of para-hydroxylation sites is 2. The maximum atomic E-state index is 9.10. The summed E-state index contributed by atoms with van der Waals surface area (Å²) in [6.45, 7) is 1.84. The molecule has 0 saturated heterocycles. The second-order valence-corrected chi connectivity index (χ2v) is 5.24. The Morgan fingerprint density at radius 3 is 2.81 bits per heavy atom. The molecule has 0 bridgehead atoms. The molecule has 110 valence electrons. The van der Waals surface area contributed by atoms with E-state index < -0.39 is 0 Å². The molecule has 0 saturated carbocycles. The summed E-state index contributed by atoms with van der Waals surface area (Å²) >= 11 is 0. The van der Waals surface area contributed by atoms with E-state index in [1.165, 1.54) is 0 Å². The lowest BCUT2D eigenvalue weighted by Crippen LogP contribution is -2.40. The molecule has 1 aromatic carbocycles. The third kappa shape index (κ3) is 4.37. The van der Waals surface area contributed by atoms with Crippen LogP contribution in [-0.2, 0) is 0 Å². The van der Waals surface area contributed by atoms with Crippen molar-refractivity contribution in [3.63, 3.8) is 0 Å². The molecule has 2 unspecified atom stereocenters. The van der Waals surface area contributed by atoms with Gasteiger partial charge in [-0.2, -0.15) is 10.5 Å². The van der Waals surface area contributed by atoms with Gasteiger partial charge in [0.25, 0.3) is 0 Å². The molecule has 0 aromatic heterocycles. The van der Waals surface area contributed by atoms with Crippen molar-refractivity contribution >= 4 is 0 Å². The Morgan fingerprint density at radius 2 is 2.10 bits per heavy atom. The van der Waals surface area contributed by atoms with Crippen LogP contribution in [0.15, 0.2) is 24.3 Å². The number of rotatable bonds is 6. The Morgan fingerprint density at radius 1 is 1.33 bits per heavy atom. The van der Waals surface area contributed by atoms with Crippen molar-refractivity contribution in [3.05, 3.63) is 24.3 Å². The van der Waals surface area contributed by atoms with E-state index in [4.69, 9.17) is 20.0 Å². The molecule has 0 aliphatic carbocycles. The molecule has 0 N–H and O–H groups in total. The van der Waals surface area contributed by atoms with Gasteiger partial charge >= 0.3 is 0 Å². The molecule has 2 atom stereocenters. The van der Waals surface area contributed by atoms with Crippen molar-refractivity contribution < 1.29 is 9.47 Å². The average molecular weight is 285 g/mol. The third-order valence-electron chi connectivity index (χ3n) is 3.40. The maximum absolute atomic E-state index is 9.10. The molecule has 1 aliphatic heterocycles. The van der Waals surface area contributed by atoms with E-state index >= 15 is 0 Å². The van der Waals surface area contributed by atoms with Gasteiger partial charge in [0.1, 0.15) is 12.7 Å². The van der Waals surface area contributed by atoms with E-state index in [1.807, 2.05) is 31.3 Å². The van der Waals surface area contributed by atoms with Crippen LogP contribution in [0.1, 0.15) is 12.8 Å². The minimum Gasteiger partial charge on any atom is -0.486 e. The summed E-state index contributed by atoms with van der Waals surface area (Å²) in [4.78, 5) is 2.06. The number of nitriles is 2. The SMILES string of the molecule is CN(CC(C#N)CCC#N)CC1COc2ccccc2O1. The van der Waals surface area contributed by atoms with E-state index in [2.05, 4.69) is 17.0 Å². The highest BCUT2D eigenvalue weighted by Crippen LogP contribution is 2.30. The van der Waals surface area contributed by atoms with Gasteiger partial charge in [-0.05, 0) is 25.6 Å². The molecule has 2 rings (SSSR count). The van der Waals surface area contributed by atoms with E-state index in [9.17, 15) is 0 Å².